The number of amides is 1. The van der Waals surface area contributed by atoms with Crippen LogP contribution in [0.3, 0.4) is 0 Å². The zero-order chi connectivity index (χ0) is 13.8. The first kappa shape index (κ1) is 13.9. The van der Waals surface area contributed by atoms with Gasteiger partial charge in [-0.05, 0) is 31.0 Å². The number of hydrogen-bond donors (Lipinski definition) is 1. The van der Waals surface area contributed by atoms with E-state index in [0.29, 0.717) is 11.6 Å². The molecule has 1 saturated heterocycles. The molecule has 5 heteroatoms. The molecule has 1 amide bonds. The normalized spacial score (nSPS) is 15.9. The molecule has 1 aliphatic rings. The Labute approximate surface area is 121 Å². The summed E-state index contributed by atoms with van der Waals surface area (Å²) >= 11 is 3.42. The van der Waals surface area contributed by atoms with Crippen LogP contribution in [-0.2, 0) is 4.79 Å². The molecule has 0 bridgehead atoms. The minimum atomic E-state index is 0.138. The van der Waals surface area contributed by atoms with Crippen molar-refractivity contribution in [1.82, 2.24) is 4.90 Å². The topological polar surface area (TPSA) is 56.1 Å². The highest BCUT2D eigenvalue weighted by atomic mass is 79.9. The maximum atomic E-state index is 11.3. The van der Waals surface area contributed by atoms with E-state index >= 15 is 0 Å². The highest BCUT2D eigenvalue weighted by molar-refractivity contribution is 9.10. The molecular formula is C14H16BrN3O. The maximum Gasteiger partial charge on any atom is 0.219 e. The second-order valence-corrected chi connectivity index (χ2v) is 5.64. The third-order valence-corrected chi connectivity index (χ3v) is 3.90. The summed E-state index contributed by atoms with van der Waals surface area (Å²) < 4.78 is 0.954. The summed E-state index contributed by atoms with van der Waals surface area (Å²) in [6.07, 6.45) is 1.83. The van der Waals surface area contributed by atoms with E-state index < -0.39 is 0 Å². The van der Waals surface area contributed by atoms with Gasteiger partial charge in [-0.1, -0.05) is 15.9 Å². The number of benzene rings is 1. The SMILES string of the molecule is CC(=O)N1CCC(Nc2cc(Br)ccc2C#N)CC1. The van der Waals surface area contributed by atoms with Crippen LogP contribution in [0.1, 0.15) is 25.3 Å². The number of halogens is 1. The Morgan fingerprint density at radius 2 is 2.16 bits per heavy atom. The lowest BCUT2D eigenvalue weighted by Crippen LogP contribution is -2.41. The van der Waals surface area contributed by atoms with E-state index in [9.17, 15) is 4.79 Å². The van der Waals surface area contributed by atoms with Crippen LogP contribution in [0.5, 0.6) is 0 Å². The van der Waals surface area contributed by atoms with E-state index in [4.69, 9.17) is 5.26 Å². The quantitative estimate of drug-likeness (QED) is 0.911. The van der Waals surface area contributed by atoms with Crippen LogP contribution in [0.4, 0.5) is 5.69 Å². The number of anilines is 1. The summed E-state index contributed by atoms with van der Waals surface area (Å²) in [5, 5.41) is 12.5. The highest BCUT2D eigenvalue weighted by Gasteiger charge is 2.21. The van der Waals surface area contributed by atoms with Gasteiger partial charge in [0, 0.05) is 30.5 Å². The number of carbonyl (C=O) groups excluding carboxylic acids is 1. The third-order valence-electron chi connectivity index (χ3n) is 3.40. The molecule has 0 spiro atoms. The van der Waals surface area contributed by atoms with E-state index in [1.54, 1.807) is 13.0 Å². The van der Waals surface area contributed by atoms with Crippen molar-refractivity contribution in [3.63, 3.8) is 0 Å². The summed E-state index contributed by atoms with van der Waals surface area (Å²) in [5.41, 5.74) is 1.51. The van der Waals surface area contributed by atoms with Crippen molar-refractivity contribution in [2.45, 2.75) is 25.8 Å². The molecule has 19 heavy (non-hydrogen) atoms. The summed E-state index contributed by atoms with van der Waals surface area (Å²) in [6.45, 7) is 3.17. The number of likely N-dealkylation sites (tertiary alicyclic amines) is 1. The van der Waals surface area contributed by atoms with Gasteiger partial charge in [0.2, 0.25) is 5.91 Å². The molecule has 1 aromatic carbocycles. The van der Waals surface area contributed by atoms with Crippen LogP contribution in [0.25, 0.3) is 0 Å². The van der Waals surface area contributed by atoms with Gasteiger partial charge in [-0.15, -0.1) is 0 Å². The molecule has 2 rings (SSSR count). The van der Waals surface area contributed by atoms with Crippen LogP contribution in [0, 0.1) is 11.3 Å². The zero-order valence-electron chi connectivity index (χ0n) is 10.8. The van der Waals surface area contributed by atoms with Crippen LogP contribution in [0.2, 0.25) is 0 Å². The molecular weight excluding hydrogens is 306 g/mol. The first-order chi connectivity index (χ1) is 9.10. The van der Waals surface area contributed by atoms with Gasteiger partial charge >= 0.3 is 0 Å². The minimum Gasteiger partial charge on any atom is -0.381 e. The average Bonchev–Trinajstić information content (AvgIpc) is 2.39. The summed E-state index contributed by atoms with van der Waals surface area (Å²) in [4.78, 5) is 13.1. The standard InChI is InChI=1S/C14H16BrN3O/c1-10(19)18-6-4-13(5-7-18)17-14-8-12(15)3-2-11(14)9-16/h2-3,8,13,17H,4-7H2,1H3. The Morgan fingerprint density at radius 3 is 2.74 bits per heavy atom. The van der Waals surface area contributed by atoms with Crippen molar-refractivity contribution in [3.05, 3.63) is 28.2 Å². The van der Waals surface area contributed by atoms with Gasteiger partial charge in [0.1, 0.15) is 6.07 Å². The summed E-state index contributed by atoms with van der Waals surface area (Å²) in [7, 11) is 0. The Balaban J connectivity index is 2.01. The fourth-order valence-electron chi connectivity index (χ4n) is 2.29. The molecule has 1 aromatic rings. The lowest BCUT2D eigenvalue weighted by molar-refractivity contribution is -0.129. The van der Waals surface area contributed by atoms with E-state index in [1.807, 2.05) is 17.0 Å². The van der Waals surface area contributed by atoms with Crippen LogP contribution >= 0.6 is 15.9 Å². The van der Waals surface area contributed by atoms with E-state index in [-0.39, 0.29) is 5.91 Å². The molecule has 0 radical (unpaired) electrons. The van der Waals surface area contributed by atoms with Gasteiger partial charge in [0.25, 0.3) is 0 Å². The molecule has 0 saturated carbocycles. The Hall–Kier alpha value is -1.54. The Kier molecular flexibility index (Phi) is 4.43. The lowest BCUT2D eigenvalue weighted by Gasteiger charge is -2.32. The van der Waals surface area contributed by atoms with Crippen LogP contribution in [0.15, 0.2) is 22.7 Å². The summed E-state index contributed by atoms with van der Waals surface area (Å²) in [6, 6.07) is 8.10. The van der Waals surface area contributed by atoms with Gasteiger partial charge in [0.05, 0.1) is 11.3 Å². The third kappa shape index (κ3) is 3.48. The molecule has 1 heterocycles. The first-order valence-corrected chi connectivity index (χ1v) is 7.11. The number of nitrogens with zero attached hydrogens (tertiary/aromatic N) is 2. The zero-order valence-corrected chi connectivity index (χ0v) is 12.4. The fraction of sp³-hybridized carbons (Fsp3) is 0.429. The smallest absolute Gasteiger partial charge is 0.219 e. The second kappa shape index (κ2) is 6.07. The predicted molar refractivity (Wildman–Crippen MR) is 77.8 cm³/mol. The number of hydrogen-bond acceptors (Lipinski definition) is 3. The van der Waals surface area contributed by atoms with Crippen molar-refractivity contribution < 1.29 is 4.79 Å². The van der Waals surface area contributed by atoms with E-state index in [1.165, 1.54) is 0 Å². The largest absolute Gasteiger partial charge is 0.381 e. The number of piperidine rings is 1. The van der Waals surface area contributed by atoms with Gasteiger partial charge in [-0.2, -0.15) is 5.26 Å². The lowest BCUT2D eigenvalue weighted by atomic mass is 10.0. The maximum absolute atomic E-state index is 11.3. The average molecular weight is 322 g/mol. The Morgan fingerprint density at radius 1 is 1.47 bits per heavy atom. The molecule has 0 aromatic heterocycles. The monoisotopic (exact) mass is 321 g/mol. The predicted octanol–water partition coefficient (Wildman–Crippen LogP) is 2.74. The molecule has 0 aliphatic carbocycles. The molecule has 1 fully saturated rings. The van der Waals surface area contributed by atoms with Crippen molar-refractivity contribution >= 4 is 27.5 Å². The highest BCUT2D eigenvalue weighted by Crippen LogP contribution is 2.24. The van der Waals surface area contributed by atoms with Gasteiger partial charge in [0.15, 0.2) is 0 Å². The minimum absolute atomic E-state index is 0.138. The van der Waals surface area contributed by atoms with Crippen molar-refractivity contribution in [1.29, 1.82) is 5.26 Å². The number of nitrogens with one attached hydrogen (secondary N) is 1. The van der Waals surface area contributed by atoms with Crippen molar-refractivity contribution in [2.75, 3.05) is 18.4 Å². The first-order valence-electron chi connectivity index (χ1n) is 6.32. The van der Waals surface area contributed by atoms with Gasteiger partial charge in [-0.25, -0.2) is 0 Å². The Bertz CT molecular complexity index is 516. The number of rotatable bonds is 2. The van der Waals surface area contributed by atoms with Crippen LogP contribution < -0.4 is 5.32 Å². The van der Waals surface area contributed by atoms with Crippen LogP contribution in [-0.4, -0.2) is 29.9 Å². The second-order valence-electron chi connectivity index (χ2n) is 4.73. The fourth-order valence-corrected chi connectivity index (χ4v) is 2.65. The van der Waals surface area contributed by atoms with E-state index in [0.717, 1.165) is 36.1 Å². The molecule has 0 unspecified atom stereocenters. The number of carbonyl (C=O) groups is 1. The molecule has 4 nitrogen and oxygen atoms in total. The number of nitriles is 1. The molecule has 0 atom stereocenters. The van der Waals surface area contributed by atoms with Crippen molar-refractivity contribution in [3.8, 4) is 6.07 Å². The van der Waals surface area contributed by atoms with Gasteiger partial charge < -0.3 is 10.2 Å². The molecule has 100 valence electrons. The van der Waals surface area contributed by atoms with E-state index in [2.05, 4.69) is 27.3 Å². The molecule has 1 aliphatic heterocycles. The van der Waals surface area contributed by atoms with Crippen molar-refractivity contribution in [2.24, 2.45) is 0 Å². The summed E-state index contributed by atoms with van der Waals surface area (Å²) in [5.74, 6) is 0.138. The van der Waals surface area contributed by atoms with Gasteiger partial charge in [-0.3, -0.25) is 4.79 Å². The molecule has 1 N–H and O–H groups in total.